The lowest BCUT2D eigenvalue weighted by atomic mass is 9.93. The van der Waals surface area contributed by atoms with Gasteiger partial charge in [0.1, 0.15) is 11.9 Å². The molecule has 2 aliphatic rings. The summed E-state index contributed by atoms with van der Waals surface area (Å²) in [7, 11) is 1.65. The van der Waals surface area contributed by atoms with Crippen LogP contribution in [0.2, 0.25) is 0 Å². The van der Waals surface area contributed by atoms with Crippen LogP contribution in [0.25, 0.3) is 0 Å². The Balaban J connectivity index is 1.48. The van der Waals surface area contributed by atoms with Gasteiger partial charge < -0.3 is 15.0 Å². The number of carbonyl (C=O) groups excluding carboxylic acids is 1. The summed E-state index contributed by atoms with van der Waals surface area (Å²) in [5, 5.41) is 11.9. The lowest BCUT2D eigenvalue weighted by Crippen LogP contribution is -2.51. The van der Waals surface area contributed by atoms with Gasteiger partial charge in [-0.15, -0.1) is 0 Å². The van der Waals surface area contributed by atoms with Crippen LogP contribution in [0.3, 0.4) is 0 Å². The molecular weight excluding hydrogens is 342 g/mol. The maximum atomic E-state index is 12.4. The molecule has 1 aromatic rings. The Morgan fingerprint density at radius 1 is 1.33 bits per heavy atom. The van der Waals surface area contributed by atoms with Gasteiger partial charge in [-0.2, -0.15) is 5.26 Å². The highest BCUT2D eigenvalue weighted by molar-refractivity contribution is 5.78. The number of hydrogen-bond donors (Lipinski definition) is 1. The first-order valence-electron chi connectivity index (χ1n) is 9.83. The molecule has 2 fully saturated rings. The van der Waals surface area contributed by atoms with Crippen LogP contribution < -0.4 is 10.2 Å². The molecule has 2 aliphatic heterocycles. The van der Waals surface area contributed by atoms with Crippen molar-refractivity contribution in [1.29, 1.82) is 5.26 Å². The standard InChI is InChI=1S/C20H29N5O2/c1-27-12-8-22-20(26)17-3-2-9-25(15-17)18-6-10-24(11-7-18)19-5-4-16(13-21)14-23-19/h4-5,14,17-18H,2-3,6-12,15H2,1H3,(H,22,26)/t17-/m1/s1. The monoisotopic (exact) mass is 371 g/mol. The highest BCUT2D eigenvalue weighted by Gasteiger charge is 2.31. The van der Waals surface area contributed by atoms with Gasteiger partial charge in [-0.05, 0) is 44.4 Å². The maximum absolute atomic E-state index is 12.4. The molecular formula is C20H29N5O2. The average Bonchev–Trinajstić information content (AvgIpc) is 2.74. The summed E-state index contributed by atoms with van der Waals surface area (Å²) >= 11 is 0. The molecule has 146 valence electrons. The van der Waals surface area contributed by atoms with Gasteiger partial charge in [0, 0.05) is 45.5 Å². The summed E-state index contributed by atoms with van der Waals surface area (Å²) < 4.78 is 5.00. The molecule has 2 saturated heterocycles. The summed E-state index contributed by atoms with van der Waals surface area (Å²) in [5.41, 5.74) is 0.594. The van der Waals surface area contributed by atoms with Gasteiger partial charge in [0.2, 0.25) is 5.91 Å². The number of nitriles is 1. The van der Waals surface area contributed by atoms with E-state index < -0.39 is 0 Å². The molecule has 0 radical (unpaired) electrons. The predicted octanol–water partition coefficient (Wildman–Crippen LogP) is 1.40. The summed E-state index contributed by atoms with van der Waals surface area (Å²) in [4.78, 5) is 21.6. The van der Waals surface area contributed by atoms with Crippen molar-refractivity contribution in [3.8, 4) is 6.07 Å². The molecule has 0 saturated carbocycles. The zero-order valence-corrected chi connectivity index (χ0v) is 16.1. The van der Waals surface area contributed by atoms with Crippen LogP contribution in [-0.2, 0) is 9.53 Å². The Kier molecular flexibility index (Phi) is 7.02. The summed E-state index contributed by atoms with van der Waals surface area (Å²) in [6.45, 7) is 5.02. The van der Waals surface area contributed by atoms with Crippen LogP contribution in [0.4, 0.5) is 5.82 Å². The number of amides is 1. The number of hydrogen-bond acceptors (Lipinski definition) is 6. The molecule has 3 heterocycles. The molecule has 27 heavy (non-hydrogen) atoms. The second-order valence-electron chi connectivity index (χ2n) is 7.35. The van der Waals surface area contributed by atoms with E-state index in [0.717, 1.165) is 57.7 Å². The fraction of sp³-hybridized carbons (Fsp3) is 0.650. The third kappa shape index (κ3) is 5.18. The smallest absolute Gasteiger partial charge is 0.224 e. The van der Waals surface area contributed by atoms with E-state index in [4.69, 9.17) is 10.00 Å². The van der Waals surface area contributed by atoms with Crippen LogP contribution in [0.15, 0.2) is 18.3 Å². The van der Waals surface area contributed by atoms with Gasteiger partial charge >= 0.3 is 0 Å². The largest absolute Gasteiger partial charge is 0.383 e. The molecule has 0 aromatic carbocycles. The number of carbonyl (C=O) groups is 1. The molecule has 0 aliphatic carbocycles. The minimum atomic E-state index is 0.0915. The number of pyridine rings is 1. The summed E-state index contributed by atoms with van der Waals surface area (Å²) in [5.74, 6) is 1.20. The number of likely N-dealkylation sites (tertiary alicyclic amines) is 1. The van der Waals surface area contributed by atoms with Crippen molar-refractivity contribution in [1.82, 2.24) is 15.2 Å². The third-order valence-corrected chi connectivity index (χ3v) is 5.61. The fourth-order valence-corrected chi connectivity index (χ4v) is 4.07. The Bertz CT molecular complexity index is 649. The number of anilines is 1. The van der Waals surface area contributed by atoms with E-state index in [1.165, 1.54) is 0 Å². The lowest BCUT2D eigenvalue weighted by molar-refractivity contribution is -0.127. The molecule has 0 spiro atoms. The number of methoxy groups -OCH3 is 1. The minimum Gasteiger partial charge on any atom is -0.383 e. The van der Waals surface area contributed by atoms with Crippen molar-refractivity contribution in [3.63, 3.8) is 0 Å². The second-order valence-corrected chi connectivity index (χ2v) is 7.35. The molecule has 0 bridgehead atoms. The van der Waals surface area contributed by atoms with Gasteiger partial charge in [-0.1, -0.05) is 0 Å². The SMILES string of the molecule is COCCNC(=O)[C@@H]1CCCN(C2CCN(c3ccc(C#N)cn3)CC2)C1. The van der Waals surface area contributed by atoms with E-state index in [0.29, 0.717) is 24.8 Å². The van der Waals surface area contributed by atoms with Crippen molar-refractivity contribution in [2.45, 2.75) is 31.7 Å². The van der Waals surface area contributed by atoms with Gasteiger partial charge in [-0.25, -0.2) is 4.98 Å². The Labute approximate surface area is 161 Å². The number of nitrogens with zero attached hydrogens (tertiary/aromatic N) is 4. The Hall–Kier alpha value is -2.17. The van der Waals surface area contributed by atoms with Crippen molar-refractivity contribution in [3.05, 3.63) is 23.9 Å². The average molecular weight is 371 g/mol. The van der Waals surface area contributed by atoms with E-state index in [-0.39, 0.29) is 11.8 Å². The number of rotatable bonds is 6. The first-order valence-corrected chi connectivity index (χ1v) is 9.83. The van der Waals surface area contributed by atoms with E-state index in [2.05, 4.69) is 26.2 Å². The highest BCUT2D eigenvalue weighted by atomic mass is 16.5. The second kappa shape index (κ2) is 9.67. The molecule has 0 unspecified atom stereocenters. The Morgan fingerprint density at radius 2 is 2.15 bits per heavy atom. The van der Waals surface area contributed by atoms with Crippen LogP contribution in [0.1, 0.15) is 31.2 Å². The minimum absolute atomic E-state index is 0.0915. The van der Waals surface area contributed by atoms with Crippen LogP contribution in [0, 0.1) is 17.2 Å². The van der Waals surface area contributed by atoms with E-state index >= 15 is 0 Å². The normalized spacial score (nSPS) is 21.6. The highest BCUT2D eigenvalue weighted by Crippen LogP contribution is 2.25. The summed E-state index contributed by atoms with van der Waals surface area (Å²) in [6.07, 6.45) is 5.86. The number of nitrogens with one attached hydrogen (secondary N) is 1. The van der Waals surface area contributed by atoms with E-state index in [9.17, 15) is 4.79 Å². The van der Waals surface area contributed by atoms with Gasteiger partial charge in [0.15, 0.2) is 0 Å². The van der Waals surface area contributed by atoms with Gasteiger partial charge in [0.25, 0.3) is 0 Å². The zero-order valence-electron chi connectivity index (χ0n) is 16.1. The van der Waals surface area contributed by atoms with Crippen LogP contribution >= 0.6 is 0 Å². The van der Waals surface area contributed by atoms with Crippen molar-refractivity contribution >= 4 is 11.7 Å². The quantitative estimate of drug-likeness (QED) is 0.761. The lowest BCUT2D eigenvalue weighted by Gasteiger charge is -2.42. The van der Waals surface area contributed by atoms with Crippen molar-refractivity contribution in [2.75, 3.05) is 51.3 Å². The molecule has 7 heteroatoms. The van der Waals surface area contributed by atoms with Crippen molar-refractivity contribution in [2.24, 2.45) is 5.92 Å². The molecule has 1 N–H and O–H groups in total. The number of piperidine rings is 2. The topological polar surface area (TPSA) is 81.5 Å². The molecule has 1 amide bonds. The predicted molar refractivity (Wildman–Crippen MR) is 103 cm³/mol. The first kappa shape index (κ1) is 19.6. The number of ether oxygens (including phenoxy) is 1. The molecule has 3 rings (SSSR count). The van der Waals surface area contributed by atoms with E-state index in [1.807, 2.05) is 12.1 Å². The fourth-order valence-electron chi connectivity index (χ4n) is 4.07. The van der Waals surface area contributed by atoms with Crippen LogP contribution in [0.5, 0.6) is 0 Å². The summed E-state index contributed by atoms with van der Waals surface area (Å²) in [6, 6.07) is 6.40. The third-order valence-electron chi connectivity index (χ3n) is 5.61. The van der Waals surface area contributed by atoms with Gasteiger partial charge in [-0.3, -0.25) is 9.69 Å². The van der Waals surface area contributed by atoms with Gasteiger partial charge in [0.05, 0.1) is 18.1 Å². The molecule has 7 nitrogen and oxygen atoms in total. The first-order chi connectivity index (χ1) is 13.2. The van der Waals surface area contributed by atoms with E-state index in [1.54, 1.807) is 13.3 Å². The zero-order chi connectivity index (χ0) is 19.1. The number of aromatic nitrogens is 1. The van der Waals surface area contributed by atoms with Crippen LogP contribution in [-0.4, -0.2) is 68.3 Å². The molecule has 1 atom stereocenters. The maximum Gasteiger partial charge on any atom is 0.224 e. The van der Waals surface area contributed by atoms with Crippen molar-refractivity contribution < 1.29 is 9.53 Å². The Morgan fingerprint density at radius 3 is 2.81 bits per heavy atom. The molecule has 1 aromatic heterocycles.